The molecular weight excluding hydrogens is 318 g/mol. The Balaban J connectivity index is 1.92. The number of carbonyl (C=O) groups excluding carboxylic acids is 1. The number of amides is 1. The molecule has 7 heteroatoms. The third-order valence-corrected chi connectivity index (χ3v) is 3.45. The van der Waals surface area contributed by atoms with Gasteiger partial charge in [-0.3, -0.25) is 4.79 Å². The summed E-state index contributed by atoms with van der Waals surface area (Å²) in [5.74, 6) is 0.953. The Morgan fingerprint density at radius 1 is 1.08 bits per heavy atom. The fourth-order valence-electron chi connectivity index (χ4n) is 2.45. The van der Waals surface area contributed by atoms with Gasteiger partial charge in [-0.05, 0) is 30.3 Å². The second-order valence-corrected chi connectivity index (χ2v) is 5.45. The molecule has 3 aromatic rings. The predicted molar refractivity (Wildman–Crippen MR) is 99.1 cm³/mol. The highest BCUT2D eigenvalue weighted by atomic mass is 16.3. The van der Waals surface area contributed by atoms with Crippen LogP contribution < -0.4 is 16.0 Å². The fraction of sp³-hybridized carbons (Fsp3) is 0.167. The first-order valence-corrected chi connectivity index (χ1v) is 7.92. The van der Waals surface area contributed by atoms with Crippen LogP contribution in [0.25, 0.3) is 10.9 Å². The van der Waals surface area contributed by atoms with E-state index in [9.17, 15) is 4.79 Å². The first-order chi connectivity index (χ1) is 12.2. The van der Waals surface area contributed by atoms with Crippen LogP contribution in [0, 0.1) is 0 Å². The Bertz CT molecular complexity index is 898. The second kappa shape index (κ2) is 7.59. The topological polar surface area (TPSA) is 99.2 Å². The van der Waals surface area contributed by atoms with Crippen molar-refractivity contribution in [2.45, 2.75) is 6.92 Å². The summed E-state index contributed by atoms with van der Waals surface area (Å²) >= 11 is 0. The quantitative estimate of drug-likeness (QED) is 0.552. The summed E-state index contributed by atoms with van der Waals surface area (Å²) in [4.78, 5) is 20.2. The third-order valence-electron chi connectivity index (χ3n) is 3.45. The van der Waals surface area contributed by atoms with E-state index in [1.807, 2.05) is 42.5 Å². The number of nitrogens with one attached hydrogen (secondary N) is 3. The smallest absolute Gasteiger partial charge is 0.229 e. The molecule has 0 unspecified atom stereocenters. The van der Waals surface area contributed by atoms with Crippen molar-refractivity contribution >= 4 is 40.0 Å². The van der Waals surface area contributed by atoms with Gasteiger partial charge in [0, 0.05) is 30.2 Å². The van der Waals surface area contributed by atoms with Gasteiger partial charge in [-0.2, -0.15) is 4.98 Å². The van der Waals surface area contributed by atoms with Crippen molar-refractivity contribution in [3.8, 4) is 0 Å². The summed E-state index contributed by atoms with van der Waals surface area (Å²) in [6.45, 7) is 1.88. The highest BCUT2D eigenvalue weighted by Gasteiger charge is 2.08. The molecule has 1 aromatic heterocycles. The van der Waals surface area contributed by atoms with E-state index in [4.69, 9.17) is 5.11 Å². The van der Waals surface area contributed by atoms with Gasteiger partial charge in [0.2, 0.25) is 11.9 Å². The van der Waals surface area contributed by atoms with Gasteiger partial charge in [-0.25, -0.2) is 4.98 Å². The summed E-state index contributed by atoms with van der Waals surface area (Å²) in [6, 6.07) is 15.0. The fourth-order valence-corrected chi connectivity index (χ4v) is 2.45. The molecule has 0 spiro atoms. The SMILES string of the molecule is CC(=O)Nc1cccc(Nc2nc(NCCO)c3ccccc3n2)c1. The van der Waals surface area contributed by atoms with Crippen LogP contribution in [0.2, 0.25) is 0 Å². The summed E-state index contributed by atoms with van der Waals surface area (Å²) in [5, 5.41) is 18.9. The molecule has 3 rings (SSSR count). The third kappa shape index (κ3) is 4.21. The van der Waals surface area contributed by atoms with Crippen molar-refractivity contribution in [1.29, 1.82) is 0 Å². The second-order valence-electron chi connectivity index (χ2n) is 5.45. The van der Waals surface area contributed by atoms with Crippen molar-refractivity contribution in [3.05, 3.63) is 48.5 Å². The highest BCUT2D eigenvalue weighted by Crippen LogP contribution is 2.24. The van der Waals surface area contributed by atoms with Crippen molar-refractivity contribution in [3.63, 3.8) is 0 Å². The maximum absolute atomic E-state index is 11.2. The number of hydrogen-bond acceptors (Lipinski definition) is 6. The Labute approximate surface area is 145 Å². The van der Waals surface area contributed by atoms with Crippen molar-refractivity contribution in [1.82, 2.24) is 9.97 Å². The zero-order valence-corrected chi connectivity index (χ0v) is 13.8. The minimum atomic E-state index is -0.130. The normalized spacial score (nSPS) is 10.5. The van der Waals surface area contributed by atoms with E-state index in [2.05, 4.69) is 25.9 Å². The van der Waals surface area contributed by atoms with Gasteiger partial charge in [0.25, 0.3) is 0 Å². The average molecular weight is 337 g/mol. The van der Waals surface area contributed by atoms with Crippen LogP contribution in [0.15, 0.2) is 48.5 Å². The summed E-state index contributed by atoms with van der Waals surface area (Å²) in [6.07, 6.45) is 0. The molecule has 4 N–H and O–H groups in total. The molecule has 25 heavy (non-hydrogen) atoms. The van der Waals surface area contributed by atoms with E-state index in [1.165, 1.54) is 6.92 Å². The number of aromatic nitrogens is 2. The molecule has 0 aliphatic heterocycles. The first-order valence-electron chi connectivity index (χ1n) is 7.92. The van der Waals surface area contributed by atoms with E-state index in [-0.39, 0.29) is 12.5 Å². The number of anilines is 4. The van der Waals surface area contributed by atoms with Crippen LogP contribution in [-0.4, -0.2) is 34.1 Å². The van der Waals surface area contributed by atoms with Gasteiger partial charge in [0.1, 0.15) is 5.82 Å². The van der Waals surface area contributed by atoms with Gasteiger partial charge >= 0.3 is 0 Å². The zero-order chi connectivity index (χ0) is 17.6. The molecule has 0 fully saturated rings. The Kier molecular flexibility index (Phi) is 5.06. The lowest BCUT2D eigenvalue weighted by Crippen LogP contribution is -2.09. The van der Waals surface area contributed by atoms with Crippen LogP contribution in [0.1, 0.15) is 6.92 Å². The predicted octanol–water partition coefficient (Wildman–Crippen LogP) is 2.74. The molecule has 128 valence electrons. The van der Waals surface area contributed by atoms with Gasteiger partial charge in [0.05, 0.1) is 12.1 Å². The molecule has 0 aliphatic carbocycles. The largest absolute Gasteiger partial charge is 0.395 e. The molecule has 0 radical (unpaired) electrons. The molecule has 2 aromatic carbocycles. The Morgan fingerprint density at radius 3 is 2.68 bits per heavy atom. The molecule has 0 atom stereocenters. The molecule has 1 amide bonds. The number of carbonyl (C=O) groups is 1. The first kappa shape index (κ1) is 16.7. The van der Waals surface area contributed by atoms with E-state index < -0.39 is 0 Å². The lowest BCUT2D eigenvalue weighted by Gasteiger charge is -2.12. The standard InChI is InChI=1S/C18H19N5O2/c1-12(25)20-13-5-4-6-14(11-13)21-18-22-16-8-3-2-7-15(16)17(23-18)19-9-10-24/h2-8,11,24H,9-10H2,1H3,(H,20,25)(H2,19,21,22,23). The molecule has 0 saturated carbocycles. The van der Waals surface area contributed by atoms with E-state index in [0.717, 1.165) is 16.6 Å². The van der Waals surface area contributed by atoms with Crippen LogP contribution in [0.4, 0.5) is 23.1 Å². The summed E-state index contributed by atoms with van der Waals surface area (Å²) in [7, 11) is 0. The number of rotatable bonds is 6. The van der Waals surface area contributed by atoms with Crippen LogP contribution in [-0.2, 0) is 4.79 Å². The van der Waals surface area contributed by atoms with Crippen molar-refractivity contribution in [2.75, 3.05) is 29.1 Å². The minimum absolute atomic E-state index is 0.0137. The van der Waals surface area contributed by atoms with Gasteiger partial charge in [-0.1, -0.05) is 18.2 Å². The molecule has 0 bridgehead atoms. The van der Waals surface area contributed by atoms with Gasteiger partial charge in [-0.15, -0.1) is 0 Å². The molecule has 0 saturated heterocycles. The van der Waals surface area contributed by atoms with E-state index in [1.54, 1.807) is 6.07 Å². The van der Waals surface area contributed by atoms with Crippen LogP contribution >= 0.6 is 0 Å². The lowest BCUT2D eigenvalue weighted by molar-refractivity contribution is -0.114. The number of aliphatic hydroxyl groups excluding tert-OH is 1. The summed E-state index contributed by atoms with van der Waals surface area (Å²) in [5.41, 5.74) is 2.24. The monoisotopic (exact) mass is 337 g/mol. The van der Waals surface area contributed by atoms with Crippen molar-refractivity contribution < 1.29 is 9.90 Å². The maximum atomic E-state index is 11.2. The number of fused-ring (bicyclic) bond motifs is 1. The highest BCUT2D eigenvalue weighted by molar-refractivity contribution is 5.91. The van der Waals surface area contributed by atoms with E-state index >= 15 is 0 Å². The molecule has 0 aliphatic rings. The number of benzene rings is 2. The number of hydrogen-bond donors (Lipinski definition) is 4. The number of aliphatic hydroxyl groups is 1. The molecular formula is C18H19N5O2. The van der Waals surface area contributed by atoms with Crippen LogP contribution in [0.5, 0.6) is 0 Å². The zero-order valence-electron chi connectivity index (χ0n) is 13.8. The van der Waals surface area contributed by atoms with Gasteiger partial charge < -0.3 is 21.1 Å². The lowest BCUT2D eigenvalue weighted by atomic mass is 10.2. The van der Waals surface area contributed by atoms with E-state index in [0.29, 0.717) is 24.0 Å². The van der Waals surface area contributed by atoms with Crippen LogP contribution in [0.3, 0.4) is 0 Å². The maximum Gasteiger partial charge on any atom is 0.229 e. The molecule has 1 heterocycles. The molecule has 7 nitrogen and oxygen atoms in total. The van der Waals surface area contributed by atoms with Crippen molar-refractivity contribution in [2.24, 2.45) is 0 Å². The van der Waals surface area contributed by atoms with Gasteiger partial charge in [0.15, 0.2) is 0 Å². The number of nitrogens with zero attached hydrogens (tertiary/aromatic N) is 2. The average Bonchev–Trinajstić information content (AvgIpc) is 2.59. The summed E-state index contributed by atoms with van der Waals surface area (Å²) < 4.78 is 0. The number of para-hydroxylation sites is 1. The Morgan fingerprint density at radius 2 is 1.88 bits per heavy atom. The Hall–Kier alpha value is -3.19. The minimum Gasteiger partial charge on any atom is -0.395 e.